The lowest BCUT2D eigenvalue weighted by atomic mass is 10.1. The minimum Gasteiger partial charge on any atom is -0.491 e. The quantitative estimate of drug-likeness (QED) is 0.0659. The number of unbranched alkanes of at least 4 members (excludes halogenated alkanes) is 14. The van der Waals surface area contributed by atoms with E-state index in [9.17, 15) is 0 Å². The fraction of sp³-hybridized carbons (Fsp3) is 0.758. The maximum absolute atomic E-state index is 6.21. The third-order valence-electron chi connectivity index (χ3n) is 6.59. The molecule has 4 heteroatoms. The number of hydrogen-bond donors (Lipinski definition) is 0. The second kappa shape index (κ2) is 25.9. The molecular weight excluding hydrogens is 460 g/mol. The van der Waals surface area contributed by atoms with E-state index in [2.05, 4.69) is 32.9 Å². The van der Waals surface area contributed by atoms with Crippen molar-refractivity contribution in [3.8, 4) is 0 Å². The van der Waals surface area contributed by atoms with Gasteiger partial charge in [-0.1, -0.05) is 141 Å². The number of hydrogen-bond acceptors (Lipinski definition) is 4. The largest absolute Gasteiger partial charge is 0.491 e. The van der Waals surface area contributed by atoms with Crippen molar-refractivity contribution in [1.29, 1.82) is 0 Å². The highest BCUT2D eigenvalue weighted by molar-refractivity contribution is 5.13. The van der Waals surface area contributed by atoms with Crippen LogP contribution in [0.5, 0.6) is 0 Å². The fourth-order valence-electron chi connectivity index (χ4n) is 4.32. The number of allylic oxidation sites excluding steroid dienone is 1. The Morgan fingerprint density at radius 2 is 1.05 bits per heavy atom. The van der Waals surface area contributed by atoms with Gasteiger partial charge in [-0.3, -0.25) is 0 Å². The van der Waals surface area contributed by atoms with Crippen LogP contribution < -0.4 is 0 Å². The molecule has 1 aromatic carbocycles. The van der Waals surface area contributed by atoms with Gasteiger partial charge in [0.1, 0.15) is 0 Å². The van der Waals surface area contributed by atoms with Gasteiger partial charge in [0.15, 0.2) is 12.6 Å². The van der Waals surface area contributed by atoms with E-state index in [1.807, 2.05) is 18.2 Å². The summed E-state index contributed by atoms with van der Waals surface area (Å²) in [6.07, 6.45) is 22.4. The molecule has 0 fully saturated rings. The summed E-state index contributed by atoms with van der Waals surface area (Å²) in [7, 11) is 0. The van der Waals surface area contributed by atoms with Gasteiger partial charge in [0.2, 0.25) is 0 Å². The van der Waals surface area contributed by atoms with Gasteiger partial charge < -0.3 is 18.9 Å². The van der Waals surface area contributed by atoms with E-state index in [0.29, 0.717) is 19.2 Å². The lowest BCUT2D eigenvalue weighted by Gasteiger charge is -2.18. The maximum atomic E-state index is 6.21. The number of rotatable bonds is 27. The second-order valence-corrected chi connectivity index (χ2v) is 10.2. The minimum atomic E-state index is 0.163. The van der Waals surface area contributed by atoms with Crippen molar-refractivity contribution in [1.82, 2.24) is 0 Å². The van der Waals surface area contributed by atoms with Gasteiger partial charge in [-0.15, -0.1) is 0 Å². The molecule has 0 heterocycles. The predicted molar refractivity (Wildman–Crippen MR) is 156 cm³/mol. The molecular formula is C33H58O4. The molecule has 0 aliphatic rings. The van der Waals surface area contributed by atoms with Crippen LogP contribution in [0.1, 0.15) is 142 Å². The van der Waals surface area contributed by atoms with Crippen LogP contribution in [0.4, 0.5) is 0 Å². The van der Waals surface area contributed by atoms with Crippen molar-refractivity contribution < 1.29 is 18.9 Å². The van der Waals surface area contributed by atoms with Crippen LogP contribution >= 0.6 is 0 Å². The molecule has 0 aromatic heterocycles. The Labute approximate surface area is 229 Å². The molecule has 0 atom stereocenters. The molecule has 0 N–H and O–H groups in total. The SMILES string of the molecule is CCCCCCCCCCOC(CCC)=C(OCCCCCCCCCC)OCOCc1ccccc1. The highest BCUT2D eigenvalue weighted by atomic mass is 16.7. The molecule has 0 aliphatic heterocycles. The lowest BCUT2D eigenvalue weighted by Crippen LogP contribution is -2.10. The molecule has 1 rings (SSSR count). The van der Waals surface area contributed by atoms with Gasteiger partial charge in [0.05, 0.1) is 19.8 Å². The van der Waals surface area contributed by atoms with E-state index >= 15 is 0 Å². The average molecular weight is 519 g/mol. The summed E-state index contributed by atoms with van der Waals surface area (Å²) < 4.78 is 24.1. The highest BCUT2D eigenvalue weighted by Gasteiger charge is 2.12. The Morgan fingerprint density at radius 1 is 0.541 bits per heavy atom. The molecule has 0 saturated heterocycles. The molecule has 0 radical (unpaired) electrons. The third kappa shape index (κ3) is 20.0. The van der Waals surface area contributed by atoms with Crippen molar-refractivity contribution in [2.45, 2.75) is 143 Å². The number of ether oxygens (including phenoxy) is 4. The van der Waals surface area contributed by atoms with Crippen molar-refractivity contribution in [2.24, 2.45) is 0 Å². The monoisotopic (exact) mass is 518 g/mol. The molecule has 0 unspecified atom stereocenters. The first-order valence-electron chi connectivity index (χ1n) is 15.5. The smallest absolute Gasteiger partial charge is 0.321 e. The van der Waals surface area contributed by atoms with Crippen LogP contribution in [-0.2, 0) is 25.6 Å². The Kier molecular flexibility index (Phi) is 23.4. The summed E-state index contributed by atoms with van der Waals surface area (Å²) in [6.45, 7) is 8.78. The van der Waals surface area contributed by atoms with Crippen LogP contribution in [0, 0.1) is 0 Å². The molecule has 37 heavy (non-hydrogen) atoms. The molecule has 0 saturated carbocycles. The Bertz CT molecular complexity index is 628. The number of benzene rings is 1. The van der Waals surface area contributed by atoms with Crippen molar-refractivity contribution >= 4 is 0 Å². The van der Waals surface area contributed by atoms with Gasteiger partial charge >= 0.3 is 5.95 Å². The van der Waals surface area contributed by atoms with Crippen LogP contribution in [-0.4, -0.2) is 20.0 Å². The topological polar surface area (TPSA) is 36.9 Å². The van der Waals surface area contributed by atoms with Crippen molar-refractivity contribution in [3.63, 3.8) is 0 Å². The first-order valence-corrected chi connectivity index (χ1v) is 15.5. The molecule has 0 spiro atoms. The summed E-state index contributed by atoms with van der Waals surface area (Å²) in [6, 6.07) is 10.2. The van der Waals surface area contributed by atoms with Gasteiger partial charge in [0.25, 0.3) is 0 Å². The maximum Gasteiger partial charge on any atom is 0.321 e. The summed E-state index contributed by atoms with van der Waals surface area (Å²) in [5, 5.41) is 0. The van der Waals surface area contributed by atoms with Crippen molar-refractivity contribution in [3.05, 3.63) is 47.6 Å². The minimum absolute atomic E-state index is 0.163. The summed E-state index contributed by atoms with van der Waals surface area (Å²) >= 11 is 0. The van der Waals surface area contributed by atoms with E-state index in [1.165, 1.54) is 89.9 Å². The van der Waals surface area contributed by atoms with Gasteiger partial charge in [-0.25, -0.2) is 0 Å². The van der Waals surface area contributed by atoms with Crippen LogP contribution in [0.3, 0.4) is 0 Å². The van der Waals surface area contributed by atoms with Gasteiger partial charge in [0, 0.05) is 6.42 Å². The zero-order chi connectivity index (χ0) is 26.7. The zero-order valence-electron chi connectivity index (χ0n) is 24.6. The van der Waals surface area contributed by atoms with Crippen LogP contribution in [0.2, 0.25) is 0 Å². The third-order valence-corrected chi connectivity index (χ3v) is 6.59. The average Bonchev–Trinajstić information content (AvgIpc) is 2.92. The molecule has 0 bridgehead atoms. The Morgan fingerprint density at radius 3 is 1.59 bits per heavy atom. The van der Waals surface area contributed by atoms with E-state index in [1.54, 1.807) is 0 Å². The Balaban J connectivity index is 2.46. The predicted octanol–water partition coefficient (Wildman–Crippen LogP) is 10.5. The molecule has 1 aromatic rings. The van der Waals surface area contributed by atoms with Gasteiger partial charge in [-0.2, -0.15) is 0 Å². The van der Waals surface area contributed by atoms with E-state index in [4.69, 9.17) is 18.9 Å². The van der Waals surface area contributed by atoms with Crippen LogP contribution in [0.25, 0.3) is 0 Å². The van der Waals surface area contributed by atoms with Gasteiger partial charge in [-0.05, 0) is 24.8 Å². The standard InChI is InChI=1S/C33H58O4/c1-4-7-9-11-13-15-17-22-27-35-32(24-6-3)33(36-28-23-18-16-14-12-10-8-5-2)37-30-34-29-31-25-20-19-21-26-31/h19-21,25-26H,4-18,22-24,27-30H2,1-3H3. The second-order valence-electron chi connectivity index (χ2n) is 10.2. The Hall–Kier alpha value is -1.68. The molecule has 0 aliphatic carbocycles. The van der Waals surface area contributed by atoms with Crippen molar-refractivity contribution in [2.75, 3.05) is 20.0 Å². The van der Waals surface area contributed by atoms with Crippen LogP contribution in [0.15, 0.2) is 42.0 Å². The summed E-state index contributed by atoms with van der Waals surface area (Å²) in [5.41, 5.74) is 1.14. The summed E-state index contributed by atoms with van der Waals surface area (Å²) in [5.74, 6) is 1.37. The van der Waals surface area contributed by atoms with E-state index < -0.39 is 0 Å². The summed E-state index contributed by atoms with van der Waals surface area (Å²) in [4.78, 5) is 0. The van der Waals surface area contributed by atoms with E-state index in [-0.39, 0.29) is 6.79 Å². The first kappa shape index (κ1) is 33.3. The van der Waals surface area contributed by atoms with E-state index in [0.717, 1.165) is 43.6 Å². The fourth-order valence-corrected chi connectivity index (χ4v) is 4.32. The molecule has 4 nitrogen and oxygen atoms in total. The lowest BCUT2D eigenvalue weighted by molar-refractivity contribution is -0.0894. The normalized spacial score (nSPS) is 11.9. The molecule has 0 amide bonds. The highest BCUT2D eigenvalue weighted by Crippen LogP contribution is 2.19. The first-order chi connectivity index (χ1) is 18.3. The zero-order valence-corrected chi connectivity index (χ0v) is 24.6. The molecule has 214 valence electrons.